The fourth-order valence-electron chi connectivity index (χ4n) is 3.15. The lowest BCUT2D eigenvalue weighted by Crippen LogP contribution is -2.47. The number of urea groups is 1. The van der Waals surface area contributed by atoms with E-state index in [1.54, 1.807) is 4.90 Å². The number of hydrogen-bond donors (Lipinski definition) is 2. The first-order valence-electron chi connectivity index (χ1n) is 8.33. The lowest BCUT2D eigenvalue weighted by Gasteiger charge is -2.36. The van der Waals surface area contributed by atoms with Gasteiger partial charge < -0.3 is 15.3 Å². The highest BCUT2D eigenvalue weighted by atomic mass is 16.3. The molecule has 1 atom stereocenters. The molecule has 3 rings (SSSR count). The second-order valence-corrected chi connectivity index (χ2v) is 6.13. The lowest BCUT2D eigenvalue weighted by atomic mass is 9.93. The number of fused-ring (bicyclic) bond motifs is 1. The molecule has 126 valence electrons. The summed E-state index contributed by atoms with van der Waals surface area (Å²) in [5, 5.41) is 12.7. The quantitative estimate of drug-likeness (QED) is 0.906. The van der Waals surface area contributed by atoms with Gasteiger partial charge >= 0.3 is 6.03 Å². The van der Waals surface area contributed by atoms with Crippen LogP contribution in [0, 0.1) is 6.92 Å². The van der Waals surface area contributed by atoms with Crippen LogP contribution in [-0.2, 0) is 12.8 Å². The first kappa shape index (κ1) is 16.5. The fourth-order valence-corrected chi connectivity index (χ4v) is 3.15. The number of carbonyl (C=O) groups is 1. The molecule has 0 spiro atoms. The summed E-state index contributed by atoms with van der Waals surface area (Å²) >= 11 is 0. The van der Waals surface area contributed by atoms with Crippen LogP contribution in [0.25, 0.3) is 0 Å². The van der Waals surface area contributed by atoms with Gasteiger partial charge in [0.2, 0.25) is 0 Å². The third kappa shape index (κ3) is 3.57. The largest absolute Gasteiger partial charge is 0.394 e. The molecule has 2 aromatic rings. The molecular formula is C19H23N3O2. The summed E-state index contributed by atoms with van der Waals surface area (Å²) in [6.07, 6.45) is 3.41. The number of hydrogen-bond acceptors (Lipinski definition) is 3. The van der Waals surface area contributed by atoms with Gasteiger partial charge in [-0.05, 0) is 42.5 Å². The summed E-state index contributed by atoms with van der Waals surface area (Å²) in [6.45, 7) is 3.07. The van der Waals surface area contributed by atoms with Gasteiger partial charge in [0.25, 0.3) is 0 Å². The van der Waals surface area contributed by atoms with Gasteiger partial charge in [-0.3, -0.25) is 4.98 Å². The van der Waals surface area contributed by atoms with Crippen LogP contribution >= 0.6 is 0 Å². The van der Waals surface area contributed by atoms with Gasteiger partial charge in [0.05, 0.1) is 12.6 Å². The van der Waals surface area contributed by atoms with Gasteiger partial charge in [0.1, 0.15) is 0 Å². The first-order valence-corrected chi connectivity index (χ1v) is 8.33. The van der Waals surface area contributed by atoms with E-state index < -0.39 is 0 Å². The molecule has 0 aliphatic carbocycles. The Morgan fingerprint density at radius 1 is 1.33 bits per heavy atom. The van der Waals surface area contributed by atoms with Crippen molar-refractivity contribution in [2.24, 2.45) is 0 Å². The summed E-state index contributed by atoms with van der Waals surface area (Å²) in [6, 6.07) is 11.6. The number of benzene rings is 1. The van der Waals surface area contributed by atoms with Gasteiger partial charge in [-0.15, -0.1) is 0 Å². The third-order valence-electron chi connectivity index (χ3n) is 4.51. The summed E-state index contributed by atoms with van der Waals surface area (Å²) in [4.78, 5) is 18.5. The topological polar surface area (TPSA) is 65.5 Å². The molecule has 0 fully saturated rings. The number of amides is 2. The molecule has 24 heavy (non-hydrogen) atoms. The van der Waals surface area contributed by atoms with Crippen molar-refractivity contribution in [1.82, 2.24) is 15.2 Å². The molecule has 5 nitrogen and oxygen atoms in total. The Morgan fingerprint density at radius 3 is 2.92 bits per heavy atom. The van der Waals surface area contributed by atoms with Gasteiger partial charge in [0.15, 0.2) is 0 Å². The fraction of sp³-hybridized carbons (Fsp3) is 0.368. The van der Waals surface area contributed by atoms with Crippen molar-refractivity contribution < 1.29 is 9.90 Å². The number of aliphatic hydroxyl groups excluding tert-OH is 1. The number of nitrogens with one attached hydrogen (secondary N) is 1. The van der Waals surface area contributed by atoms with Crippen LogP contribution in [0.15, 0.2) is 42.6 Å². The third-order valence-corrected chi connectivity index (χ3v) is 4.51. The Labute approximate surface area is 142 Å². The van der Waals surface area contributed by atoms with Crippen molar-refractivity contribution in [3.63, 3.8) is 0 Å². The second kappa shape index (κ2) is 7.45. The number of aryl methyl sites for hydroxylation is 1. The van der Waals surface area contributed by atoms with E-state index in [4.69, 9.17) is 0 Å². The molecule has 0 bridgehead atoms. The number of carbonyl (C=O) groups excluding carboxylic acids is 1. The minimum Gasteiger partial charge on any atom is -0.394 e. The average molecular weight is 325 g/mol. The molecule has 1 aromatic carbocycles. The standard InChI is InChI=1S/C19H23N3O2/c1-14-6-7-15(12-21-14)8-10-20-19(24)22-11-9-16-4-2-3-5-17(16)18(22)13-23/h2-7,12,18,23H,8-11,13H2,1H3,(H,20,24)/t18-/m0/s1. The molecule has 2 N–H and O–H groups in total. The van der Waals surface area contributed by atoms with E-state index in [0.29, 0.717) is 13.1 Å². The molecular weight excluding hydrogens is 302 g/mol. The van der Waals surface area contributed by atoms with Gasteiger partial charge in [-0.1, -0.05) is 30.3 Å². The summed E-state index contributed by atoms with van der Waals surface area (Å²) in [5.41, 5.74) is 4.35. The van der Waals surface area contributed by atoms with Crippen molar-refractivity contribution in [2.75, 3.05) is 19.7 Å². The Bertz CT molecular complexity index is 700. The van der Waals surface area contributed by atoms with Crippen LogP contribution in [-0.4, -0.2) is 40.7 Å². The highest BCUT2D eigenvalue weighted by Gasteiger charge is 2.29. The second-order valence-electron chi connectivity index (χ2n) is 6.13. The summed E-state index contributed by atoms with van der Waals surface area (Å²) in [7, 11) is 0. The SMILES string of the molecule is Cc1ccc(CCNC(=O)N2CCc3ccccc3[C@@H]2CO)cn1. The molecule has 1 aromatic heterocycles. The Kier molecular flexibility index (Phi) is 5.11. The van der Waals surface area contributed by atoms with Gasteiger partial charge in [-0.25, -0.2) is 4.79 Å². The van der Waals surface area contributed by atoms with E-state index >= 15 is 0 Å². The number of aliphatic hydroxyl groups is 1. The lowest BCUT2D eigenvalue weighted by molar-refractivity contribution is 0.127. The number of aromatic nitrogens is 1. The molecule has 5 heteroatoms. The number of rotatable bonds is 4. The van der Waals surface area contributed by atoms with Crippen LogP contribution in [0.3, 0.4) is 0 Å². The molecule has 2 amide bonds. The monoisotopic (exact) mass is 325 g/mol. The predicted molar refractivity (Wildman–Crippen MR) is 92.8 cm³/mol. The van der Waals surface area contributed by atoms with E-state index in [0.717, 1.165) is 29.7 Å². The molecule has 0 unspecified atom stereocenters. The Balaban J connectivity index is 1.59. The van der Waals surface area contributed by atoms with Crippen LogP contribution in [0.1, 0.15) is 28.4 Å². The van der Waals surface area contributed by atoms with E-state index in [2.05, 4.69) is 16.4 Å². The average Bonchev–Trinajstić information content (AvgIpc) is 2.62. The maximum atomic E-state index is 12.5. The zero-order valence-electron chi connectivity index (χ0n) is 13.9. The van der Waals surface area contributed by atoms with Crippen LogP contribution in [0.5, 0.6) is 0 Å². The Hall–Kier alpha value is -2.40. The summed E-state index contributed by atoms with van der Waals surface area (Å²) in [5.74, 6) is 0. The summed E-state index contributed by atoms with van der Waals surface area (Å²) < 4.78 is 0. The van der Waals surface area contributed by atoms with E-state index in [1.165, 1.54) is 5.56 Å². The highest BCUT2D eigenvalue weighted by molar-refractivity contribution is 5.75. The zero-order valence-corrected chi connectivity index (χ0v) is 13.9. The highest BCUT2D eigenvalue weighted by Crippen LogP contribution is 2.29. The number of pyridine rings is 1. The predicted octanol–water partition coefficient (Wildman–Crippen LogP) is 2.23. The Morgan fingerprint density at radius 2 is 2.17 bits per heavy atom. The molecule has 2 heterocycles. The van der Waals surface area contributed by atoms with E-state index in [-0.39, 0.29) is 18.7 Å². The molecule has 0 saturated heterocycles. The van der Waals surface area contributed by atoms with Crippen LogP contribution in [0.4, 0.5) is 4.79 Å². The minimum atomic E-state index is -0.268. The van der Waals surface area contributed by atoms with Crippen molar-refractivity contribution >= 4 is 6.03 Å². The number of nitrogens with zero attached hydrogens (tertiary/aromatic N) is 2. The normalized spacial score (nSPS) is 16.6. The van der Waals surface area contributed by atoms with E-state index in [9.17, 15) is 9.90 Å². The molecule has 0 radical (unpaired) electrons. The molecule has 0 saturated carbocycles. The zero-order chi connectivity index (χ0) is 16.9. The van der Waals surface area contributed by atoms with Crippen molar-refractivity contribution in [1.29, 1.82) is 0 Å². The van der Waals surface area contributed by atoms with Crippen molar-refractivity contribution in [3.8, 4) is 0 Å². The van der Waals surface area contributed by atoms with E-state index in [1.807, 2.05) is 43.5 Å². The molecule has 1 aliphatic heterocycles. The minimum absolute atomic E-state index is 0.0632. The van der Waals surface area contributed by atoms with Crippen molar-refractivity contribution in [2.45, 2.75) is 25.8 Å². The van der Waals surface area contributed by atoms with Crippen LogP contribution < -0.4 is 5.32 Å². The maximum absolute atomic E-state index is 12.5. The molecule has 1 aliphatic rings. The van der Waals surface area contributed by atoms with Crippen LogP contribution in [0.2, 0.25) is 0 Å². The van der Waals surface area contributed by atoms with Crippen molar-refractivity contribution in [3.05, 3.63) is 65.0 Å². The maximum Gasteiger partial charge on any atom is 0.318 e. The first-order chi connectivity index (χ1) is 11.7. The van der Waals surface area contributed by atoms with Gasteiger partial charge in [0, 0.05) is 25.0 Å². The smallest absolute Gasteiger partial charge is 0.318 e. The van der Waals surface area contributed by atoms with Gasteiger partial charge in [-0.2, -0.15) is 0 Å².